The Balaban J connectivity index is 3.97. The van der Waals surface area contributed by atoms with Gasteiger partial charge >= 0.3 is 12.0 Å². The first-order valence-corrected chi connectivity index (χ1v) is 5.40. The van der Waals surface area contributed by atoms with Crippen molar-refractivity contribution in [2.24, 2.45) is 0 Å². The van der Waals surface area contributed by atoms with Crippen molar-refractivity contribution >= 4 is 12.0 Å². The van der Waals surface area contributed by atoms with E-state index in [1.165, 1.54) is 4.90 Å². The summed E-state index contributed by atoms with van der Waals surface area (Å²) in [7, 11) is 3.44. The first-order chi connectivity index (χ1) is 7.81. The van der Waals surface area contributed by atoms with Crippen LogP contribution in [0.15, 0.2) is 0 Å². The number of nitrogens with one attached hydrogen (secondary N) is 2. The molecule has 0 bridgehead atoms. The Morgan fingerprint density at radius 1 is 1.41 bits per heavy atom. The highest BCUT2D eigenvalue weighted by molar-refractivity contribution is 5.79. The minimum atomic E-state index is -1.94. The maximum absolute atomic E-state index is 11.5. The summed E-state index contributed by atoms with van der Waals surface area (Å²) in [5, 5.41) is 23.4. The molecule has 0 aromatic heterocycles. The molecule has 4 N–H and O–H groups in total. The standard InChI is InChI=1S/C10H21N3O4/c1-10(17,8(14)15)7-12-9(16)13(3)6-4-5-11-2/h11,17H,4-7H2,1-3H3,(H,12,16)(H,14,15). The number of nitrogens with zero attached hydrogens (tertiary/aromatic N) is 1. The summed E-state index contributed by atoms with van der Waals surface area (Å²) in [6.07, 6.45) is 0.801. The molecule has 0 fully saturated rings. The SMILES string of the molecule is CNCCCN(C)C(=O)NCC(C)(O)C(=O)O. The molecule has 7 nitrogen and oxygen atoms in total. The average Bonchev–Trinajstić information content (AvgIpc) is 2.26. The fourth-order valence-corrected chi connectivity index (χ4v) is 1.05. The molecule has 1 unspecified atom stereocenters. The Hall–Kier alpha value is -1.34. The molecule has 0 aliphatic heterocycles. The highest BCUT2D eigenvalue weighted by Crippen LogP contribution is 2.01. The second-order valence-electron chi connectivity index (χ2n) is 4.12. The number of rotatable bonds is 7. The lowest BCUT2D eigenvalue weighted by atomic mass is 10.1. The Morgan fingerprint density at radius 2 is 2.00 bits per heavy atom. The van der Waals surface area contributed by atoms with Crippen LogP contribution in [-0.4, -0.2) is 66.4 Å². The maximum Gasteiger partial charge on any atom is 0.337 e. The van der Waals surface area contributed by atoms with E-state index in [9.17, 15) is 14.7 Å². The van der Waals surface area contributed by atoms with Crippen molar-refractivity contribution in [1.82, 2.24) is 15.5 Å². The van der Waals surface area contributed by atoms with Gasteiger partial charge in [-0.3, -0.25) is 0 Å². The Morgan fingerprint density at radius 3 is 2.47 bits per heavy atom. The molecule has 1 atom stereocenters. The highest BCUT2D eigenvalue weighted by Gasteiger charge is 2.30. The Kier molecular flexibility index (Phi) is 6.52. The van der Waals surface area contributed by atoms with Gasteiger partial charge < -0.3 is 25.7 Å². The number of aliphatic carboxylic acids is 1. The minimum absolute atomic E-state index is 0.322. The zero-order valence-corrected chi connectivity index (χ0v) is 10.5. The summed E-state index contributed by atoms with van der Waals surface area (Å²) >= 11 is 0. The van der Waals surface area contributed by atoms with E-state index in [2.05, 4.69) is 10.6 Å². The van der Waals surface area contributed by atoms with Gasteiger partial charge in [0.1, 0.15) is 0 Å². The second-order valence-corrected chi connectivity index (χ2v) is 4.12. The number of aliphatic hydroxyl groups is 1. The lowest BCUT2D eigenvalue weighted by molar-refractivity contribution is -0.155. The van der Waals surface area contributed by atoms with E-state index >= 15 is 0 Å². The van der Waals surface area contributed by atoms with Gasteiger partial charge in [-0.15, -0.1) is 0 Å². The van der Waals surface area contributed by atoms with E-state index in [0.717, 1.165) is 19.9 Å². The molecule has 0 aliphatic rings. The van der Waals surface area contributed by atoms with Crippen molar-refractivity contribution in [3.05, 3.63) is 0 Å². The molecule has 0 aromatic rings. The Labute approximate surface area is 101 Å². The van der Waals surface area contributed by atoms with Crippen LogP contribution in [0, 0.1) is 0 Å². The molecule has 0 saturated heterocycles. The zero-order chi connectivity index (χ0) is 13.5. The number of hydrogen-bond donors (Lipinski definition) is 4. The monoisotopic (exact) mass is 247 g/mol. The van der Waals surface area contributed by atoms with Crippen LogP contribution in [0.5, 0.6) is 0 Å². The molecule has 0 saturated carbocycles. The largest absolute Gasteiger partial charge is 0.479 e. The van der Waals surface area contributed by atoms with E-state index in [-0.39, 0.29) is 6.54 Å². The van der Waals surface area contributed by atoms with Gasteiger partial charge in [-0.2, -0.15) is 0 Å². The van der Waals surface area contributed by atoms with E-state index in [0.29, 0.717) is 6.54 Å². The third kappa shape index (κ3) is 6.08. The topological polar surface area (TPSA) is 102 Å². The Bertz CT molecular complexity index is 268. The fourth-order valence-electron chi connectivity index (χ4n) is 1.05. The zero-order valence-electron chi connectivity index (χ0n) is 10.5. The van der Waals surface area contributed by atoms with Gasteiger partial charge in [0.2, 0.25) is 0 Å². The van der Waals surface area contributed by atoms with Gasteiger partial charge in [0.25, 0.3) is 0 Å². The predicted molar refractivity (Wildman–Crippen MR) is 62.8 cm³/mol. The highest BCUT2D eigenvalue weighted by atomic mass is 16.4. The predicted octanol–water partition coefficient (Wildman–Crippen LogP) is -0.927. The quantitative estimate of drug-likeness (QED) is 0.435. The second kappa shape index (κ2) is 7.08. The van der Waals surface area contributed by atoms with E-state index in [1.54, 1.807) is 7.05 Å². The van der Waals surface area contributed by atoms with Crippen molar-refractivity contribution in [2.45, 2.75) is 18.9 Å². The molecule has 0 radical (unpaired) electrons. The molecular formula is C10H21N3O4. The third-order valence-electron chi connectivity index (χ3n) is 2.31. The first-order valence-electron chi connectivity index (χ1n) is 5.40. The van der Waals surface area contributed by atoms with E-state index in [4.69, 9.17) is 5.11 Å². The molecule has 0 spiro atoms. The van der Waals surface area contributed by atoms with Crippen LogP contribution < -0.4 is 10.6 Å². The number of carbonyl (C=O) groups excluding carboxylic acids is 1. The van der Waals surface area contributed by atoms with Crippen molar-refractivity contribution in [1.29, 1.82) is 0 Å². The number of carboxylic acids is 1. The van der Waals surface area contributed by atoms with Crippen LogP contribution in [0.3, 0.4) is 0 Å². The lowest BCUT2D eigenvalue weighted by Gasteiger charge is -2.22. The molecule has 17 heavy (non-hydrogen) atoms. The van der Waals surface area contributed by atoms with E-state index in [1.807, 2.05) is 7.05 Å². The van der Waals surface area contributed by atoms with Crippen molar-refractivity contribution in [3.8, 4) is 0 Å². The number of hydrogen-bond acceptors (Lipinski definition) is 4. The van der Waals surface area contributed by atoms with Crippen LogP contribution in [0.2, 0.25) is 0 Å². The fraction of sp³-hybridized carbons (Fsp3) is 0.800. The minimum Gasteiger partial charge on any atom is -0.479 e. The van der Waals surface area contributed by atoms with Gasteiger partial charge in [0.05, 0.1) is 6.54 Å². The summed E-state index contributed by atoms with van der Waals surface area (Å²) in [6.45, 7) is 2.17. The van der Waals surface area contributed by atoms with Crippen LogP contribution >= 0.6 is 0 Å². The number of urea groups is 1. The molecule has 0 heterocycles. The van der Waals surface area contributed by atoms with Crippen LogP contribution in [-0.2, 0) is 4.79 Å². The smallest absolute Gasteiger partial charge is 0.337 e. The molecule has 0 aromatic carbocycles. The lowest BCUT2D eigenvalue weighted by Crippen LogP contribution is -2.49. The van der Waals surface area contributed by atoms with Gasteiger partial charge in [-0.1, -0.05) is 0 Å². The molecule has 100 valence electrons. The number of carbonyl (C=O) groups is 2. The normalized spacial score (nSPS) is 13.9. The average molecular weight is 247 g/mol. The number of carboxylic acid groups (broad SMARTS) is 1. The summed E-state index contributed by atoms with van der Waals surface area (Å²) in [5.74, 6) is -1.37. The van der Waals surface area contributed by atoms with Crippen molar-refractivity contribution in [3.63, 3.8) is 0 Å². The first kappa shape index (κ1) is 15.7. The van der Waals surface area contributed by atoms with Gasteiger partial charge in [-0.25, -0.2) is 9.59 Å². The number of amides is 2. The van der Waals surface area contributed by atoms with Crippen LogP contribution in [0.1, 0.15) is 13.3 Å². The van der Waals surface area contributed by atoms with Crippen molar-refractivity contribution in [2.75, 3.05) is 33.7 Å². The third-order valence-corrected chi connectivity index (χ3v) is 2.31. The van der Waals surface area contributed by atoms with Crippen LogP contribution in [0.4, 0.5) is 4.79 Å². The molecule has 0 rings (SSSR count). The molecule has 2 amide bonds. The molecule has 7 heteroatoms. The summed E-state index contributed by atoms with van der Waals surface area (Å²) < 4.78 is 0. The maximum atomic E-state index is 11.5. The van der Waals surface area contributed by atoms with Crippen LogP contribution in [0.25, 0.3) is 0 Å². The summed E-state index contributed by atoms with van der Waals surface area (Å²) in [4.78, 5) is 23.5. The summed E-state index contributed by atoms with van der Waals surface area (Å²) in [6, 6.07) is -0.400. The molecular weight excluding hydrogens is 226 g/mol. The van der Waals surface area contributed by atoms with Gasteiger partial charge in [-0.05, 0) is 26.9 Å². The van der Waals surface area contributed by atoms with Gasteiger partial charge in [0, 0.05) is 13.6 Å². The van der Waals surface area contributed by atoms with Crippen molar-refractivity contribution < 1.29 is 19.8 Å². The summed E-state index contributed by atoms with van der Waals surface area (Å²) in [5.41, 5.74) is -1.94. The van der Waals surface area contributed by atoms with Gasteiger partial charge in [0.15, 0.2) is 5.60 Å². The van der Waals surface area contributed by atoms with E-state index < -0.39 is 17.6 Å². The molecule has 0 aliphatic carbocycles.